The van der Waals surface area contributed by atoms with Gasteiger partial charge >= 0.3 is 0 Å². The zero-order chi connectivity index (χ0) is 31.5. The fourth-order valence-electron chi connectivity index (χ4n) is 4.12. The van der Waals surface area contributed by atoms with Gasteiger partial charge in [0.05, 0.1) is 16.8 Å². The Balaban J connectivity index is 1.32. The molecule has 0 spiro atoms. The summed E-state index contributed by atoms with van der Waals surface area (Å²) in [5.41, 5.74) is 6.42. The summed E-state index contributed by atoms with van der Waals surface area (Å²) in [7, 11) is -4.09. The molecule has 0 atom stereocenters. The van der Waals surface area contributed by atoms with Crippen LogP contribution in [0.25, 0.3) is 0 Å². The molecule has 0 saturated heterocycles. The lowest BCUT2D eigenvalue weighted by molar-refractivity contribution is -0.123. The first-order valence-corrected chi connectivity index (χ1v) is 15.6. The summed E-state index contributed by atoms with van der Waals surface area (Å²) in [6, 6.07) is 27.6. The second-order valence-corrected chi connectivity index (χ2v) is 12.3. The van der Waals surface area contributed by atoms with E-state index in [4.69, 9.17) is 16.3 Å². The molecule has 0 aliphatic rings. The van der Waals surface area contributed by atoms with Gasteiger partial charge in [0.2, 0.25) is 0 Å². The van der Waals surface area contributed by atoms with Crippen LogP contribution >= 0.6 is 11.6 Å². The topological polar surface area (TPSA) is 117 Å². The molecule has 0 bridgehead atoms. The first kappa shape index (κ1) is 32.2. The Morgan fingerprint density at radius 2 is 1.59 bits per heavy atom. The normalized spacial score (nSPS) is 11.2. The average Bonchev–Trinajstić information content (AvgIpc) is 3.01. The number of hydrogen-bond acceptors (Lipinski definition) is 6. The van der Waals surface area contributed by atoms with E-state index < -0.39 is 22.5 Å². The molecule has 0 aliphatic carbocycles. The Labute approximate surface area is 262 Å². The molecule has 2 amide bonds. The van der Waals surface area contributed by atoms with Crippen LogP contribution in [0.4, 0.5) is 5.69 Å². The van der Waals surface area contributed by atoms with Crippen molar-refractivity contribution in [1.82, 2.24) is 10.7 Å². The summed E-state index contributed by atoms with van der Waals surface area (Å²) in [5.74, 6) is -0.349. The van der Waals surface area contributed by atoms with E-state index in [1.54, 1.807) is 42.5 Å². The second kappa shape index (κ2) is 15.2. The van der Waals surface area contributed by atoms with Crippen molar-refractivity contribution in [3.05, 3.63) is 124 Å². The molecule has 0 aliphatic heterocycles. The van der Waals surface area contributed by atoms with Crippen molar-refractivity contribution >= 4 is 45.3 Å². The van der Waals surface area contributed by atoms with Crippen molar-refractivity contribution < 1.29 is 22.7 Å². The van der Waals surface area contributed by atoms with E-state index in [0.717, 1.165) is 27.4 Å². The highest BCUT2D eigenvalue weighted by Gasteiger charge is 2.27. The van der Waals surface area contributed by atoms with Gasteiger partial charge in [-0.3, -0.25) is 13.9 Å². The molecule has 0 fully saturated rings. The number of rotatable bonds is 13. The quantitative estimate of drug-likeness (QED) is 0.158. The van der Waals surface area contributed by atoms with Crippen molar-refractivity contribution in [2.24, 2.45) is 5.10 Å². The molecular weight excluding hydrogens is 600 g/mol. The zero-order valence-electron chi connectivity index (χ0n) is 24.4. The Hall–Kier alpha value is -4.67. The van der Waals surface area contributed by atoms with Crippen LogP contribution in [0.1, 0.15) is 22.3 Å². The van der Waals surface area contributed by atoms with Crippen LogP contribution in [0.5, 0.6) is 5.75 Å². The van der Waals surface area contributed by atoms with E-state index in [-0.39, 0.29) is 17.4 Å². The highest BCUT2D eigenvalue weighted by molar-refractivity contribution is 7.92. The van der Waals surface area contributed by atoms with E-state index in [0.29, 0.717) is 28.6 Å². The van der Waals surface area contributed by atoms with Gasteiger partial charge in [-0.25, -0.2) is 13.8 Å². The van der Waals surface area contributed by atoms with Crippen LogP contribution in [0.3, 0.4) is 0 Å². The van der Waals surface area contributed by atoms with Crippen LogP contribution in [0, 0.1) is 13.8 Å². The summed E-state index contributed by atoms with van der Waals surface area (Å²) in [6.45, 7) is 3.69. The van der Waals surface area contributed by atoms with Crippen LogP contribution in [0.2, 0.25) is 5.02 Å². The molecule has 4 rings (SSSR count). The van der Waals surface area contributed by atoms with E-state index >= 15 is 0 Å². The molecule has 228 valence electrons. The van der Waals surface area contributed by atoms with Crippen molar-refractivity contribution in [3.63, 3.8) is 0 Å². The van der Waals surface area contributed by atoms with Gasteiger partial charge in [0.1, 0.15) is 12.3 Å². The fourth-order valence-corrected chi connectivity index (χ4v) is 5.65. The molecular formula is C33H33ClN4O5S. The third-order valence-corrected chi connectivity index (χ3v) is 8.74. The number of anilines is 1. The maximum Gasteiger partial charge on any atom is 0.264 e. The van der Waals surface area contributed by atoms with Crippen molar-refractivity contribution in [3.8, 4) is 5.75 Å². The number of nitrogens with zero attached hydrogens (tertiary/aromatic N) is 2. The number of hydrazone groups is 1. The van der Waals surface area contributed by atoms with Crippen LogP contribution in [0.15, 0.2) is 107 Å². The number of benzene rings is 4. The molecule has 11 heteroatoms. The third kappa shape index (κ3) is 9.16. The zero-order valence-corrected chi connectivity index (χ0v) is 25.9. The minimum atomic E-state index is -4.09. The lowest BCUT2D eigenvalue weighted by Gasteiger charge is -2.24. The Bertz CT molecular complexity index is 1710. The van der Waals surface area contributed by atoms with E-state index in [2.05, 4.69) is 15.8 Å². The van der Waals surface area contributed by atoms with Crippen LogP contribution in [-0.2, 0) is 26.0 Å². The summed E-state index contributed by atoms with van der Waals surface area (Å²) in [5, 5.41) is 7.21. The van der Waals surface area contributed by atoms with E-state index in [9.17, 15) is 18.0 Å². The van der Waals surface area contributed by atoms with Gasteiger partial charge in [-0.2, -0.15) is 5.10 Å². The minimum Gasteiger partial charge on any atom is -0.484 e. The maximum atomic E-state index is 13.5. The van der Waals surface area contributed by atoms with Gasteiger partial charge in [0, 0.05) is 11.6 Å². The molecule has 0 radical (unpaired) electrons. The average molecular weight is 633 g/mol. The Kier molecular flexibility index (Phi) is 11.1. The van der Waals surface area contributed by atoms with Gasteiger partial charge in [-0.1, -0.05) is 48.0 Å². The fraction of sp³-hybridized carbons (Fsp3) is 0.182. The van der Waals surface area contributed by atoms with Gasteiger partial charge in [-0.05, 0) is 103 Å². The SMILES string of the molecule is Cc1ccc(N(CC(=O)N/N=C\c2ccc(OCC(=O)NCCc3ccccc3)cc2)S(=O)(=O)c2ccc(Cl)cc2)cc1C. The number of carbonyl (C=O) groups is 2. The van der Waals surface area contributed by atoms with Gasteiger partial charge in [0.25, 0.3) is 21.8 Å². The lowest BCUT2D eigenvalue weighted by Crippen LogP contribution is -2.39. The monoisotopic (exact) mass is 632 g/mol. The number of halogens is 1. The summed E-state index contributed by atoms with van der Waals surface area (Å²) in [6.07, 6.45) is 2.16. The minimum absolute atomic E-state index is 0.00315. The van der Waals surface area contributed by atoms with Gasteiger partial charge in [0.15, 0.2) is 6.61 Å². The standard InChI is InChI=1S/C33H33ClN4O5S/c1-24-8-13-29(20-25(24)2)38(44(41,42)31-16-11-28(34)12-17-31)22-32(39)37-36-21-27-9-14-30(15-10-27)43-23-33(40)35-19-18-26-6-4-3-5-7-26/h3-17,20-21H,18-19,22-23H2,1-2H3,(H,35,40)(H,37,39)/b36-21-. The summed E-state index contributed by atoms with van der Waals surface area (Å²) in [4.78, 5) is 24.9. The highest BCUT2D eigenvalue weighted by Crippen LogP contribution is 2.26. The summed E-state index contributed by atoms with van der Waals surface area (Å²) >= 11 is 5.95. The molecule has 0 unspecified atom stereocenters. The van der Waals surface area contributed by atoms with Crippen molar-refractivity contribution in [1.29, 1.82) is 0 Å². The molecule has 4 aromatic rings. The van der Waals surface area contributed by atoms with Crippen molar-refractivity contribution in [2.45, 2.75) is 25.2 Å². The number of aryl methyl sites for hydroxylation is 2. The maximum absolute atomic E-state index is 13.5. The third-order valence-electron chi connectivity index (χ3n) is 6.70. The second-order valence-electron chi connectivity index (χ2n) is 9.97. The molecule has 0 heterocycles. The predicted molar refractivity (Wildman–Crippen MR) is 173 cm³/mol. The highest BCUT2D eigenvalue weighted by atomic mass is 35.5. The summed E-state index contributed by atoms with van der Waals surface area (Å²) < 4.78 is 33.7. The van der Waals surface area contributed by atoms with Crippen molar-refractivity contribution in [2.75, 3.05) is 24.0 Å². The number of sulfonamides is 1. The molecule has 4 aromatic carbocycles. The molecule has 44 heavy (non-hydrogen) atoms. The van der Waals surface area contributed by atoms with Gasteiger partial charge < -0.3 is 10.1 Å². The van der Waals surface area contributed by atoms with Gasteiger partial charge in [-0.15, -0.1) is 0 Å². The van der Waals surface area contributed by atoms with Crippen LogP contribution in [-0.4, -0.2) is 46.1 Å². The lowest BCUT2D eigenvalue weighted by atomic mass is 10.1. The number of hydrogen-bond donors (Lipinski definition) is 2. The number of carbonyl (C=O) groups excluding carboxylic acids is 2. The first-order valence-electron chi connectivity index (χ1n) is 13.8. The molecule has 0 aromatic heterocycles. The number of amides is 2. The van der Waals surface area contributed by atoms with E-state index in [1.165, 1.54) is 30.5 Å². The smallest absolute Gasteiger partial charge is 0.264 e. The molecule has 2 N–H and O–H groups in total. The molecule has 0 saturated carbocycles. The predicted octanol–water partition coefficient (Wildman–Crippen LogP) is 5.04. The number of nitrogens with one attached hydrogen (secondary N) is 2. The number of ether oxygens (including phenoxy) is 1. The van der Waals surface area contributed by atoms with Crippen LogP contribution < -0.4 is 19.8 Å². The largest absolute Gasteiger partial charge is 0.484 e. The first-order chi connectivity index (χ1) is 21.1. The molecule has 9 nitrogen and oxygen atoms in total. The Morgan fingerprint density at radius 3 is 2.27 bits per heavy atom. The Morgan fingerprint density at radius 1 is 0.886 bits per heavy atom. The van der Waals surface area contributed by atoms with E-state index in [1.807, 2.05) is 44.2 Å².